The number of unbranched alkanes of at least 4 members (excludes halogenated alkanes) is 3. The number of hydrogen-bond acceptors (Lipinski definition) is 5. The van der Waals surface area contributed by atoms with Gasteiger partial charge in [0, 0.05) is 18.4 Å². The Morgan fingerprint density at radius 1 is 1.23 bits per heavy atom. The second-order valence-corrected chi connectivity index (χ2v) is 6.55. The third-order valence-corrected chi connectivity index (χ3v) is 4.63. The summed E-state index contributed by atoms with van der Waals surface area (Å²) in [6, 6.07) is 6.10. The number of rotatable bonds is 8. The first-order valence-corrected chi connectivity index (χ1v) is 9.08. The molecule has 26 heavy (non-hydrogen) atoms. The van der Waals surface area contributed by atoms with Gasteiger partial charge in [-0.3, -0.25) is 4.79 Å². The molecule has 2 aromatic heterocycles. The summed E-state index contributed by atoms with van der Waals surface area (Å²) in [6.07, 6.45) is 4.72. The summed E-state index contributed by atoms with van der Waals surface area (Å²) in [5.74, 6) is 1.08. The molecule has 0 radical (unpaired) electrons. The average molecular weight is 355 g/mol. The molecule has 0 aliphatic rings. The standard InChI is InChI=1S/C19H25N5O2/c1-4-5-6-7-10-24-16-9-8-13(2)11-14(16)18(26-3)15(19(24)25)12-17-20-22-23-21-17/h8-9,11H,4-7,10,12H2,1-3H3,(H,20,21,22,23). The van der Waals surface area contributed by atoms with E-state index in [1.165, 1.54) is 12.8 Å². The lowest BCUT2D eigenvalue weighted by molar-refractivity contribution is 0.412. The van der Waals surface area contributed by atoms with Crippen LogP contribution < -0.4 is 10.3 Å². The molecule has 138 valence electrons. The van der Waals surface area contributed by atoms with Crippen molar-refractivity contribution in [2.24, 2.45) is 0 Å². The molecular formula is C19H25N5O2. The minimum Gasteiger partial charge on any atom is -0.496 e. The Morgan fingerprint density at radius 2 is 2.08 bits per heavy atom. The summed E-state index contributed by atoms with van der Waals surface area (Å²) >= 11 is 0. The van der Waals surface area contributed by atoms with Gasteiger partial charge in [-0.1, -0.05) is 43.0 Å². The summed E-state index contributed by atoms with van der Waals surface area (Å²) < 4.78 is 7.51. The van der Waals surface area contributed by atoms with Crippen molar-refractivity contribution in [3.05, 3.63) is 45.5 Å². The highest BCUT2D eigenvalue weighted by molar-refractivity contribution is 5.87. The fourth-order valence-electron chi connectivity index (χ4n) is 3.32. The van der Waals surface area contributed by atoms with Crippen LogP contribution in [0.1, 0.15) is 49.6 Å². The van der Waals surface area contributed by atoms with Crippen LogP contribution in [0.3, 0.4) is 0 Å². The van der Waals surface area contributed by atoms with Gasteiger partial charge < -0.3 is 9.30 Å². The van der Waals surface area contributed by atoms with Gasteiger partial charge in [0.2, 0.25) is 0 Å². The number of hydrogen-bond donors (Lipinski definition) is 1. The van der Waals surface area contributed by atoms with Gasteiger partial charge in [-0.05, 0) is 25.5 Å². The van der Waals surface area contributed by atoms with E-state index in [1.54, 1.807) is 7.11 Å². The first kappa shape index (κ1) is 18.1. The third kappa shape index (κ3) is 3.61. The van der Waals surface area contributed by atoms with Gasteiger partial charge in [-0.25, -0.2) is 0 Å². The number of aryl methyl sites for hydroxylation is 2. The Morgan fingerprint density at radius 3 is 2.77 bits per heavy atom. The van der Waals surface area contributed by atoms with Crippen molar-refractivity contribution < 1.29 is 4.74 Å². The van der Waals surface area contributed by atoms with E-state index in [2.05, 4.69) is 33.6 Å². The van der Waals surface area contributed by atoms with Crippen molar-refractivity contribution in [3.63, 3.8) is 0 Å². The van der Waals surface area contributed by atoms with Gasteiger partial charge >= 0.3 is 0 Å². The third-order valence-electron chi connectivity index (χ3n) is 4.63. The molecule has 0 aliphatic heterocycles. The van der Waals surface area contributed by atoms with E-state index in [1.807, 2.05) is 23.6 Å². The minimum atomic E-state index is -0.0421. The molecular weight excluding hydrogens is 330 g/mol. The number of fused-ring (bicyclic) bond motifs is 1. The number of benzene rings is 1. The summed E-state index contributed by atoms with van der Waals surface area (Å²) in [4.78, 5) is 13.2. The van der Waals surface area contributed by atoms with Gasteiger partial charge in [-0.15, -0.1) is 10.2 Å². The van der Waals surface area contributed by atoms with E-state index in [-0.39, 0.29) is 12.0 Å². The Hall–Kier alpha value is -2.70. The molecule has 1 aromatic carbocycles. The number of tetrazole rings is 1. The largest absolute Gasteiger partial charge is 0.496 e. The second-order valence-electron chi connectivity index (χ2n) is 6.55. The van der Waals surface area contributed by atoms with E-state index in [4.69, 9.17) is 4.74 Å². The molecule has 0 saturated carbocycles. The second kappa shape index (κ2) is 8.12. The van der Waals surface area contributed by atoms with Crippen LogP contribution in [0.25, 0.3) is 10.9 Å². The zero-order valence-electron chi connectivity index (χ0n) is 15.6. The zero-order chi connectivity index (χ0) is 18.5. The molecule has 0 unspecified atom stereocenters. The maximum Gasteiger partial charge on any atom is 0.258 e. The normalized spacial score (nSPS) is 11.2. The number of H-pyrrole nitrogens is 1. The summed E-state index contributed by atoms with van der Waals surface area (Å²) in [7, 11) is 1.60. The number of methoxy groups -OCH3 is 1. The van der Waals surface area contributed by atoms with E-state index < -0.39 is 0 Å². The number of aromatic nitrogens is 5. The first-order valence-electron chi connectivity index (χ1n) is 9.08. The van der Waals surface area contributed by atoms with Crippen LogP contribution >= 0.6 is 0 Å². The molecule has 0 atom stereocenters. The zero-order valence-corrected chi connectivity index (χ0v) is 15.6. The van der Waals surface area contributed by atoms with Crippen molar-refractivity contribution in [1.82, 2.24) is 25.2 Å². The number of nitrogens with one attached hydrogen (secondary N) is 1. The van der Waals surface area contributed by atoms with E-state index >= 15 is 0 Å². The van der Waals surface area contributed by atoms with Crippen LogP contribution in [-0.4, -0.2) is 32.3 Å². The minimum absolute atomic E-state index is 0.0421. The van der Waals surface area contributed by atoms with Crippen molar-refractivity contribution in [2.75, 3.05) is 7.11 Å². The molecule has 0 spiro atoms. The number of aromatic amines is 1. The van der Waals surface area contributed by atoms with Crippen molar-refractivity contribution in [1.29, 1.82) is 0 Å². The molecule has 7 nitrogen and oxygen atoms in total. The van der Waals surface area contributed by atoms with E-state index in [0.717, 1.165) is 29.3 Å². The van der Waals surface area contributed by atoms with Crippen molar-refractivity contribution >= 4 is 10.9 Å². The SMILES string of the molecule is CCCCCCn1c(=O)c(Cc2nn[nH]n2)c(OC)c2cc(C)ccc21. The molecule has 1 N–H and O–H groups in total. The molecule has 7 heteroatoms. The van der Waals surface area contributed by atoms with Crippen LogP contribution in [0.4, 0.5) is 0 Å². The van der Waals surface area contributed by atoms with Crippen LogP contribution in [-0.2, 0) is 13.0 Å². The number of nitrogens with zero attached hydrogens (tertiary/aromatic N) is 4. The van der Waals surface area contributed by atoms with E-state index in [9.17, 15) is 4.79 Å². The Kier molecular flexibility index (Phi) is 5.65. The molecule has 0 saturated heterocycles. The lowest BCUT2D eigenvalue weighted by Gasteiger charge is -2.17. The molecule has 0 amide bonds. The van der Waals surface area contributed by atoms with Crippen LogP contribution in [0, 0.1) is 6.92 Å². The molecule has 0 bridgehead atoms. The highest BCUT2D eigenvalue weighted by Crippen LogP contribution is 2.29. The Balaban J connectivity index is 2.14. The van der Waals surface area contributed by atoms with Gasteiger partial charge in [0.1, 0.15) is 5.75 Å². The first-order chi connectivity index (χ1) is 12.7. The predicted octanol–water partition coefficient (Wildman–Crippen LogP) is 3.00. The summed E-state index contributed by atoms with van der Waals surface area (Å²) in [5, 5.41) is 14.9. The highest BCUT2D eigenvalue weighted by atomic mass is 16.5. The maximum absolute atomic E-state index is 13.2. The maximum atomic E-state index is 13.2. The number of pyridine rings is 1. The van der Waals surface area contributed by atoms with Crippen molar-refractivity contribution in [2.45, 2.75) is 52.5 Å². The quantitative estimate of drug-likeness (QED) is 0.628. The molecule has 0 aliphatic carbocycles. The topological polar surface area (TPSA) is 85.7 Å². The Bertz CT molecular complexity index is 931. The van der Waals surface area contributed by atoms with Gasteiger partial charge in [0.05, 0.1) is 18.2 Å². The summed E-state index contributed by atoms with van der Waals surface area (Å²) in [6.45, 7) is 4.91. The molecule has 3 aromatic rings. The fourth-order valence-corrected chi connectivity index (χ4v) is 3.32. The van der Waals surface area contributed by atoms with Gasteiger partial charge in [0.25, 0.3) is 5.56 Å². The van der Waals surface area contributed by atoms with Crippen LogP contribution in [0.15, 0.2) is 23.0 Å². The monoisotopic (exact) mass is 355 g/mol. The Labute approximate surface area is 152 Å². The van der Waals surface area contributed by atoms with Gasteiger partial charge in [0.15, 0.2) is 5.82 Å². The molecule has 3 rings (SSSR count). The lowest BCUT2D eigenvalue weighted by Crippen LogP contribution is -2.26. The lowest BCUT2D eigenvalue weighted by atomic mass is 10.0. The summed E-state index contributed by atoms with van der Waals surface area (Å²) in [5.41, 5.74) is 2.56. The average Bonchev–Trinajstić information content (AvgIpc) is 3.14. The van der Waals surface area contributed by atoms with Gasteiger partial charge in [-0.2, -0.15) is 5.21 Å². The molecule has 0 fully saturated rings. The van der Waals surface area contributed by atoms with Crippen LogP contribution in [0.2, 0.25) is 0 Å². The molecule has 2 heterocycles. The smallest absolute Gasteiger partial charge is 0.258 e. The van der Waals surface area contributed by atoms with E-state index in [0.29, 0.717) is 23.7 Å². The fraction of sp³-hybridized carbons (Fsp3) is 0.474. The van der Waals surface area contributed by atoms with Crippen LogP contribution in [0.5, 0.6) is 5.75 Å². The predicted molar refractivity (Wildman–Crippen MR) is 101 cm³/mol. The highest BCUT2D eigenvalue weighted by Gasteiger charge is 2.19. The number of ether oxygens (including phenoxy) is 1. The van der Waals surface area contributed by atoms with Crippen molar-refractivity contribution in [3.8, 4) is 5.75 Å².